The molecule has 0 unspecified atom stereocenters. The highest BCUT2D eigenvalue weighted by atomic mass is 15.2. The number of fused-ring (bicyclic) bond motifs is 1. The van der Waals surface area contributed by atoms with Gasteiger partial charge in [0.25, 0.3) is 0 Å². The van der Waals surface area contributed by atoms with Crippen molar-refractivity contribution in [3.8, 4) is 0 Å². The molecule has 4 rings (SSSR count). The van der Waals surface area contributed by atoms with Gasteiger partial charge in [0.2, 0.25) is 0 Å². The predicted molar refractivity (Wildman–Crippen MR) is 90.8 cm³/mol. The number of rotatable bonds is 3. The van der Waals surface area contributed by atoms with Crippen LogP contribution in [0.25, 0.3) is 0 Å². The number of aryl methyl sites for hydroxylation is 1. The first-order valence-corrected chi connectivity index (χ1v) is 9.45. The zero-order valence-electron chi connectivity index (χ0n) is 14.0. The highest BCUT2D eigenvalue weighted by molar-refractivity contribution is 5.13. The van der Waals surface area contributed by atoms with E-state index in [1.54, 1.807) is 0 Å². The van der Waals surface area contributed by atoms with Crippen LogP contribution < -0.4 is 0 Å². The molecule has 1 aromatic heterocycles. The summed E-state index contributed by atoms with van der Waals surface area (Å²) in [6.45, 7) is 4.91. The summed E-state index contributed by atoms with van der Waals surface area (Å²) in [7, 11) is 0. The first kappa shape index (κ1) is 14.7. The Morgan fingerprint density at radius 3 is 2.68 bits per heavy atom. The fourth-order valence-corrected chi connectivity index (χ4v) is 5.34. The standard InChI is InChI=1S/C20H30N2/c1-15-9-10-18(21-12-15)11-16-5-4-6-17-13-22(14-20(16)17)19-7-2-3-8-19/h9-10,12,16-17,19-20H,2-8,11,13-14H2,1H3/t16-,17+,20+/m0/s1. The molecule has 3 atom stereocenters. The van der Waals surface area contributed by atoms with Gasteiger partial charge in [0, 0.05) is 31.0 Å². The lowest BCUT2D eigenvalue weighted by Gasteiger charge is -2.33. The van der Waals surface area contributed by atoms with Crippen LogP contribution in [-0.4, -0.2) is 29.0 Å². The van der Waals surface area contributed by atoms with Crippen LogP contribution in [0.15, 0.2) is 18.3 Å². The number of hydrogen-bond donors (Lipinski definition) is 0. The molecular weight excluding hydrogens is 268 g/mol. The molecule has 2 saturated carbocycles. The van der Waals surface area contributed by atoms with E-state index in [9.17, 15) is 0 Å². The summed E-state index contributed by atoms with van der Waals surface area (Å²) >= 11 is 0. The number of hydrogen-bond acceptors (Lipinski definition) is 2. The predicted octanol–water partition coefficient (Wildman–Crippen LogP) is 4.22. The molecule has 0 radical (unpaired) electrons. The summed E-state index contributed by atoms with van der Waals surface area (Å²) < 4.78 is 0. The van der Waals surface area contributed by atoms with Gasteiger partial charge in [-0.25, -0.2) is 0 Å². The number of likely N-dealkylation sites (tertiary alicyclic amines) is 1. The van der Waals surface area contributed by atoms with Crippen molar-refractivity contribution in [1.29, 1.82) is 0 Å². The lowest BCUT2D eigenvalue weighted by molar-refractivity contribution is 0.192. The molecule has 2 aliphatic carbocycles. The zero-order chi connectivity index (χ0) is 14.9. The summed E-state index contributed by atoms with van der Waals surface area (Å²) in [5.41, 5.74) is 2.59. The van der Waals surface area contributed by atoms with Gasteiger partial charge in [-0.1, -0.05) is 25.3 Å². The smallest absolute Gasteiger partial charge is 0.0406 e. The molecule has 3 aliphatic rings. The van der Waals surface area contributed by atoms with Crippen LogP contribution in [0, 0.1) is 24.7 Å². The van der Waals surface area contributed by atoms with Crippen molar-refractivity contribution < 1.29 is 0 Å². The Bertz CT molecular complexity index is 489. The van der Waals surface area contributed by atoms with E-state index in [2.05, 4.69) is 28.9 Å². The van der Waals surface area contributed by atoms with Crippen LogP contribution in [0.4, 0.5) is 0 Å². The van der Waals surface area contributed by atoms with Gasteiger partial charge in [-0.15, -0.1) is 0 Å². The Hall–Kier alpha value is -0.890. The third-order valence-electron chi connectivity index (χ3n) is 6.56. The molecular formula is C20H30N2. The minimum absolute atomic E-state index is 0.875. The molecule has 1 aliphatic heterocycles. The average Bonchev–Trinajstić information content (AvgIpc) is 3.18. The fourth-order valence-electron chi connectivity index (χ4n) is 5.34. The molecule has 2 heterocycles. The largest absolute Gasteiger partial charge is 0.300 e. The molecule has 120 valence electrons. The van der Waals surface area contributed by atoms with Gasteiger partial charge in [0.15, 0.2) is 0 Å². The third kappa shape index (κ3) is 2.95. The van der Waals surface area contributed by atoms with E-state index in [1.807, 2.05) is 6.20 Å². The fraction of sp³-hybridized carbons (Fsp3) is 0.750. The van der Waals surface area contributed by atoms with Crippen LogP contribution in [-0.2, 0) is 6.42 Å². The minimum Gasteiger partial charge on any atom is -0.300 e. The van der Waals surface area contributed by atoms with Gasteiger partial charge >= 0.3 is 0 Å². The van der Waals surface area contributed by atoms with E-state index < -0.39 is 0 Å². The maximum atomic E-state index is 4.67. The molecule has 0 bridgehead atoms. The van der Waals surface area contributed by atoms with E-state index >= 15 is 0 Å². The second-order valence-electron chi connectivity index (χ2n) is 8.04. The van der Waals surface area contributed by atoms with E-state index in [1.165, 1.54) is 75.7 Å². The number of pyridine rings is 1. The van der Waals surface area contributed by atoms with Gasteiger partial charge in [-0.3, -0.25) is 9.88 Å². The maximum absolute atomic E-state index is 4.67. The van der Waals surface area contributed by atoms with Crippen LogP contribution in [0.3, 0.4) is 0 Å². The summed E-state index contributed by atoms with van der Waals surface area (Å²) in [6, 6.07) is 5.40. The zero-order valence-corrected chi connectivity index (χ0v) is 14.0. The lowest BCUT2D eigenvalue weighted by Crippen LogP contribution is -2.32. The second-order valence-corrected chi connectivity index (χ2v) is 8.04. The molecule has 0 N–H and O–H groups in total. The van der Waals surface area contributed by atoms with Crippen LogP contribution in [0.5, 0.6) is 0 Å². The molecule has 1 aromatic rings. The molecule has 22 heavy (non-hydrogen) atoms. The van der Waals surface area contributed by atoms with E-state index in [4.69, 9.17) is 0 Å². The SMILES string of the molecule is Cc1ccc(C[C@@H]2CCC[C@@H]3CN(C4CCCC4)C[C@@H]32)nc1. The van der Waals surface area contributed by atoms with E-state index in [-0.39, 0.29) is 0 Å². The first-order chi connectivity index (χ1) is 10.8. The average molecular weight is 298 g/mol. The Morgan fingerprint density at radius 1 is 1.05 bits per heavy atom. The van der Waals surface area contributed by atoms with Crippen LogP contribution in [0.2, 0.25) is 0 Å². The normalized spacial score (nSPS) is 33.2. The molecule has 0 aromatic carbocycles. The summed E-state index contributed by atoms with van der Waals surface area (Å²) in [4.78, 5) is 7.53. The quantitative estimate of drug-likeness (QED) is 0.830. The molecule has 0 spiro atoms. The van der Waals surface area contributed by atoms with Gasteiger partial charge in [0.1, 0.15) is 0 Å². The summed E-state index contributed by atoms with van der Waals surface area (Å²) in [5.74, 6) is 2.79. The molecule has 0 amide bonds. The topological polar surface area (TPSA) is 16.1 Å². The summed E-state index contributed by atoms with van der Waals surface area (Å²) in [6.07, 6.45) is 13.4. The molecule has 3 fully saturated rings. The van der Waals surface area contributed by atoms with Crippen LogP contribution in [0.1, 0.15) is 56.2 Å². The number of nitrogens with zero attached hydrogens (tertiary/aromatic N) is 2. The minimum atomic E-state index is 0.875. The monoisotopic (exact) mass is 298 g/mol. The van der Waals surface area contributed by atoms with Gasteiger partial charge < -0.3 is 0 Å². The second kappa shape index (κ2) is 6.31. The van der Waals surface area contributed by atoms with Crippen LogP contribution >= 0.6 is 0 Å². The highest BCUT2D eigenvalue weighted by Crippen LogP contribution is 2.43. The third-order valence-corrected chi connectivity index (χ3v) is 6.56. The van der Waals surface area contributed by atoms with Gasteiger partial charge in [-0.05, 0) is 68.4 Å². The van der Waals surface area contributed by atoms with Crippen molar-refractivity contribution in [3.63, 3.8) is 0 Å². The van der Waals surface area contributed by atoms with Crippen molar-refractivity contribution in [2.75, 3.05) is 13.1 Å². The van der Waals surface area contributed by atoms with Crippen molar-refractivity contribution in [2.24, 2.45) is 17.8 Å². The highest BCUT2D eigenvalue weighted by Gasteiger charge is 2.42. The van der Waals surface area contributed by atoms with Gasteiger partial charge in [0.05, 0.1) is 0 Å². The van der Waals surface area contributed by atoms with Crippen molar-refractivity contribution in [1.82, 2.24) is 9.88 Å². The molecule has 1 saturated heterocycles. The van der Waals surface area contributed by atoms with Crippen molar-refractivity contribution >= 4 is 0 Å². The summed E-state index contributed by atoms with van der Waals surface area (Å²) in [5, 5.41) is 0. The first-order valence-electron chi connectivity index (χ1n) is 9.45. The van der Waals surface area contributed by atoms with E-state index in [0.29, 0.717) is 0 Å². The molecule has 2 nitrogen and oxygen atoms in total. The van der Waals surface area contributed by atoms with E-state index in [0.717, 1.165) is 23.8 Å². The Labute approximate surface area is 135 Å². The van der Waals surface area contributed by atoms with Crippen molar-refractivity contribution in [3.05, 3.63) is 29.6 Å². The Morgan fingerprint density at radius 2 is 1.91 bits per heavy atom. The number of aromatic nitrogens is 1. The van der Waals surface area contributed by atoms with Crippen molar-refractivity contribution in [2.45, 2.75) is 64.3 Å². The Balaban J connectivity index is 1.43. The maximum Gasteiger partial charge on any atom is 0.0406 e. The lowest BCUT2D eigenvalue weighted by atomic mass is 9.72. The Kier molecular flexibility index (Phi) is 4.21. The molecule has 2 heteroatoms. The van der Waals surface area contributed by atoms with Gasteiger partial charge in [-0.2, -0.15) is 0 Å².